The van der Waals surface area contributed by atoms with Crippen LogP contribution in [0.25, 0.3) is 0 Å². The zero-order valence-corrected chi connectivity index (χ0v) is 18.8. The minimum Gasteiger partial charge on any atom is -0.335 e. The lowest BCUT2D eigenvalue weighted by atomic mass is 10.0. The molecule has 0 radical (unpaired) electrons. The molecule has 1 saturated heterocycles. The zero-order valence-electron chi connectivity index (χ0n) is 18.0. The van der Waals surface area contributed by atoms with Gasteiger partial charge in [-0.3, -0.25) is 4.79 Å². The average Bonchev–Trinajstić information content (AvgIpc) is 2.78. The molecule has 0 aliphatic carbocycles. The van der Waals surface area contributed by atoms with E-state index in [1.807, 2.05) is 35.6 Å². The van der Waals surface area contributed by atoms with Gasteiger partial charge in [0.15, 0.2) is 6.54 Å². The molecule has 2 aromatic carbocycles. The topological polar surface area (TPSA) is 74.3 Å². The minimum absolute atomic E-state index is 0.0520. The van der Waals surface area contributed by atoms with Gasteiger partial charge in [-0.15, -0.1) is 0 Å². The highest BCUT2D eigenvalue weighted by Gasteiger charge is 2.30. The van der Waals surface area contributed by atoms with Crippen molar-refractivity contribution in [2.75, 3.05) is 32.7 Å². The quantitative estimate of drug-likeness (QED) is 0.730. The summed E-state index contributed by atoms with van der Waals surface area (Å²) < 4.78 is 27.3. The second-order valence-electron chi connectivity index (χ2n) is 8.15. The van der Waals surface area contributed by atoms with Crippen LogP contribution in [-0.2, 0) is 14.8 Å². The highest BCUT2D eigenvalue weighted by Crippen LogP contribution is 2.21. The third-order valence-electron chi connectivity index (χ3n) is 5.75. The van der Waals surface area contributed by atoms with Gasteiger partial charge in [0.05, 0.1) is 4.90 Å². The lowest BCUT2D eigenvalue weighted by Gasteiger charge is -2.33. The molecule has 1 aliphatic heterocycles. The number of benzene rings is 2. The van der Waals surface area contributed by atoms with Gasteiger partial charge in [0.2, 0.25) is 10.0 Å². The molecule has 162 valence electrons. The van der Waals surface area contributed by atoms with Crippen LogP contribution in [-0.4, -0.2) is 56.3 Å². The van der Waals surface area contributed by atoms with E-state index >= 15 is 0 Å². The van der Waals surface area contributed by atoms with Gasteiger partial charge < -0.3 is 10.2 Å². The first-order chi connectivity index (χ1) is 14.3. The summed E-state index contributed by atoms with van der Waals surface area (Å²) in [5.74, 6) is 0.411. The molecule has 7 heteroatoms. The summed E-state index contributed by atoms with van der Waals surface area (Å²) in [4.78, 5) is 14.7. The number of amides is 1. The summed E-state index contributed by atoms with van der Waals surface area (Å²) >= 11 is 0. The van der Waals surface area contributed by atoms with Gasteiger partial charge in [-0.05, 0) is 30.5 Å². The summed E-state index contributed by atoms with van der Waals surface area (Å²) in [6.45, 7) is 8.11. The molecule has 0 saturated carbocycles. The van der Waals surface area contributed by atoms with E-state index in [0.717, 1.165) is 5.56 Å². The smallest absolute Gasteiger partial charge is 0.277 e. The minimum atomic E-state index is -3.53. The van der Waals surface area contributed by atoms with E-state index in [2.05, 4.69) is 32.9 Å². The summed E-state index contributed by atoms with van der Waals surface area (Å²) in [7, 11) is -3.53. The number of piperazine rings is 1. The first-order valence-corrected chi connectivity index (χ1v) is 12.0. The molecule has 0 unspecified atom stereocenters. The van der Waals surface area contributed by atoms with Crippen LogP contribution in [0, 0.1) is 0 Å². The van der Waals surface area contributed by atoms with Crippen molar-refractivity contribution in [1.82, 2.24) is 9.21 Å². The zero-order chi connectivity index (χ0) is 21.7. The van der Waals surface area contributed by atoms with Gasteiger partial charge in [-0.1, -0.05) is 56.3 Å². The highest BCUT2D eigenvalue weighted by molar-refractivity contribution is 7.89. The number of carbonyl (C=O) groups excluding carboxylic acids is 1. The fourth-order valence-corrected chi connectivity index (χ4v) is 5.07. The molecule has 0 spiro atoms. The molecule has 1 fully saturated rings. The van der Waals surface area contributed by atoms with Crippen LogP contribution in [0.5, 0.6) is 0 Å². The third-order valence-corrected chi connectivity index (χ3v) is 7.66. The molecule has 1 heterocycles. The Morgan fingerprint density at radius 3 is 2.07 bits per heavy atom. The van der Waals surface area contributed by atoms with E-state index in [1.165, 1.54) is 9.87 Å². The van der Waals surface area contributed by atoms with Crippen LogP contribution in [0.3, 0.4) is 0 Å². The maximum atomic E-state index is 12.9. The van der Waals surface area contributed by atoms with Crippen molar-refractivity contribution in [2.45, 2.75) is 37.6 Å². The lowest BCUT2D eigenvalue weighted by Crippen LogP contribution is -2.87. The van der Waals surface area contributed by atoms with E-state index in [-0.39, 0.29) is 11.9 Å². The van der Waals surface area contributed by atoms with E-state index in [0.29, 0.717) is 43.5 Å². The summed E-state index contributed by atoms with van der Waals surface area (Å²) in [6, 6.07) is 17.4. The molecule has 30 heavy (non-hydrogen) atoms. The Balaban J connectivity index is 1.52. The maximum absolute atomic E-state index is 12.9. The predicted octanol–water partition coefficient (Wildman–Crippen LogP) is 1.97. The van der Waals surface area contributed by atoms with Crippen molar-refractivity contribution in [2.24, 2.45) is 0 Å². The van der Waals surface area contributed by atoms with Gasteiger partial charge >= 0.3 is 0 Å². The lowest BCUT2D eigenvalue weighted by molar-refractivity contribution is -0.683. The molecule has 0 aromatic heterocycles. The summed E-state index contributed by atoms with van der Waals surface area (Å²) in [6.07, 6.45) is 0. The largest absolute Gasteiger partial charge is 0.335 e. The molecule has 6 nitrogen and oxygen atoms in total. The molecule has 0 bridgehead atoms. The Kier molecular flexibility index (Phi) is 7.28. The highest BCUT2D eigenvalue weighted by atomic mass is 32.2. The monoisotopic (exact) mass is 430 g/mol. The number of sulfonamides is 1. The molecular formula is C23H32N3O3S+. The number of hydrogen-bond donors (Lipinski definition) is 1. The average molecular weight is 431 g/mol. The number of hydrogen-bond acceptors (Lipinski definition) is 3. The van der Waals surface area contributed by atoms with Crippen molar-refractivity contribution in [3.05, 3.63) is 65.7 Å². The summed E-state index contributed by atoms with van der Waals surface area (Å²) in [5, 5.41) is 2.02. The molecular weight excluding hydrogens is 398 g/mol. The standard InChI is InChI=1S/C23H31N3O3S/c1-18(2)20-9-11-22(12-10-20)30(28,29)26-15-13-25(14-16-26)23(27)17-24-19(3)21-7-5-4-6-8-21/h4-12,18-19,24H,13-17H2,1-3H3/p+1/t19-/m1/s1. The van der Waals surface area contributed by atoms with E-state index in [9.17, 15) is 13.2 Å². The van der Waals surface area contributed by atoms with Crippen molar-refractivity contribution in [1.29, 1.82) is 0 Å². The molecule has 1 aliphatic rings. The molecule has 1 atom stereocenters. The van der Waals surface area contributed by atoms with Gasteiger partial charge in [-0.25, -0.2) is 8.42 Å². The molecule has 2 N–H and O–H groups in total. The summed E-state index contributed by atoms with van der Waals surface area (Å²) in [5.41, 5.74) is 2.30. The van der Waals surface area contributed by atoms with Crippen LogP contribution in [0.2, 0.25) is 0 Å². The SMILES string of the molecule is CC(C)c1ccc(S(=O)(=O)N2CCN(C(=O)C[NH2+][C@H](C)c3ccccc3)CC2)cc1. The molecule has 3 rings (SSSR count). The molecule has 1 amide bonds. The van der Waals surface area contributed by atoms with E-state index < -0.39 is 10.0 Å². The van der Waals surface area contributed by atoms with Crippen LogP contribution >= 0.6 is 0 Å². The third kappa shape index (κ3) is 5.28. The predicted molar refractivity (Wildman–Crippen MR) is 118 cm³/mol. The van der Waals surface area contributed by atoms with Crippen LogP contribution in [0.15, 0.2) is 59.5 Å². The number of quaternary nitrogens is 1. The fraction of sp³-hybridized carbons (Fsp3) is 0.435. The van der Waals surface area contributed by atoms with Gasteiger partial charge in [-0.2, -0.15) is 4.31 Å². The van der Waals surface area contributed by atoms with Crippen LogP contribution < -0.4 is 5.32 Å². The van der Waals surface area contributed by atoms with Gasteiger partial charge in [0, 0.05) is 31.7 Å². The Morgan fingerprint density at radius 1 is 0.900 bits per heavy atom. The number of nitrogens with zero attached hydrogens (tertiary/aromatic N) is 2. The second-order valence-corrected chi connectivity index (χ2v) is 10.1. The number of nitrogens with two attached hydrogens (primary N) is 1. The van der Waals surface area contributed by atoms with Crippen molar-refractivity contribution >= 4 is 15.9 Å². The van der Waals surface area contributed by atoms with Gasteiger partial charge in [0.25, 0.3) is 5.91 Å². The second kappa shape index (κ2) is 9.73. The Hall–Kier alpha value is -2.22. The molecule has 2 aromatic rings. The first kappa shape index (κ1) is 22.5. The van der Waals surface area contributed by atoms with E-state index in [4.69, 9.17) is 0 Å². The van der Waals surface area contributed by atoms with Crippen LogP contribution in [0.4, 0.5) is 0 Å². The Morgan fingerprint density at radius 2 is 1.50 bits per heavy atom. The number of carbonyl (C=O) groups is 1. The van der Waals surface area contributed by atoms with Crippen molar-refractivity contribution in [3.8, 4) is 0 Å². The maximum Gasteiger partial charge on any atom is 0.277 e. The van der Waals surface area contributed by atoms with E-state index in [1.54, 1.807) is 17.0 Å². The Bertz CT molecular complexity index is 935. The fourth-order valence-electron chi connectivity index (χ4n) is 3.65. The van der Waals surface area contributed by atoms with Crippen LogP contribution in [0.1, 0.15) is 43.9 Å². The van der Waals surface area contributed by atoms with Gasteiger partial charge in [0.1, 0.15) is 6.04 Å². The Labute approximate surface area is 179 Å². The van der Waals surface area contributed by atoms with Crippen molar-refractivity contribution < 1.29 is 18.5 Å². The first-order valence-electron chi connectivity index (χ1n) is 10.5. The normalized spacial score (nSPS) is 16.6. The number of rotatable bonds is 7. The van der Waals surface area contributed by atoms with Crippen molar-refractivity contribution in [3.63, 3.8) is 0 Å².